The van der Waals surface area contributed by atoms with Crippen LogP contribution in [-0.4, -0.2) is 96.7 Å². The van der Waals surface area contributed by atoms with Gasteiger partial charge in [-0.25, -0.2) is 9.13 Å². The minimum atomic E-state index is -4.97. The van der Waals surface area contributed by atoms with E-state index in [0.717, 1.165) is 133 Å². The van der Waals surface area contributed by atoms with Gasteiger partial charge in [-0.1, -0.05) is 336 Å². The van der Waals surface area contributed by atoms with Crippen molar-refractivity contribution in [2.24, 2.45) is 17.8 Å². The summed E-state index contributed by atoms with van der Waals surface area (Å²) in [4.78, 5) is 72.9. The zero-order chi connectivity index (χ0) is 73.0. The number of allylic oxidation sites excluding steroid dienone is 4. The number of ether oxygens (including phenoxy) is 4. The summed E-state index contributed by atoms with van der Waals surface area (Å²) in [7, 11) is -9.93. The van der Waals surface area contributed by atoms with Gasteiger partial charge in [-0.3, -0.25) is 37.3 Å². The van der Waals surface area contributed by atoms with Crippen molar-refractivity contribution in [2.45, 2.75) is 407 Å². The zero-order valence-corrected chi connectivity index (χ0v) is 66.2. The van der Waals surface area contributed by atoms with E-state index in [2.05, 4.69) is 72.8 Å². The van der Waals surface area contributed by atoms with Crippen molar-refractivity contribution in [1.82, 2.24) is 0 Å². The predicted octanol–water partition coefficient (Wildman–Crippen LogP) is 23.3. The Kier molecular flexibility index (Phi) is 68.1. The molecule has 0 aromatic heterocycles. The quantitative estimate of drug-likeness (QED) is 0.0169. The number of unbranched alkanes of at least 4 members (excludes halogenated alkanes) is 39. The van der Waals surface area contributed by atoms with Crippen molar-refractivity contribution < 1.29 is 80.2 Å². The molecule has 0 saturated carbocycles. The Labute approximate surface area is 605 Å². The lowest BCUT2D eigenvalue weighted by Crippen LogP contribution is -2.30. The van der Waals surface area contributed by atoms with Gasteiger partial charge in [0.1, 0.15) is 19.3 Å². The average molecular weight is 1450 g/mol. The molecule has 0 aromatic carbocycles. The number of aliphatic hydroxyl groups is 1. The Bertz CT molecular complexity index is 2020. The van der Waals surface area contributed by atoms with Crippen molar-refractivity contribution in [1.29, 1.82) is 0 Å². The number of carbonyl (C=O) groups is 4. The minimum Gasteiger partial charge on any atom is -0.462 e. The number of hydrogen-bond donors (Lipinski definition) is 3. The molecule has 0 aromatic rings. The maximum atomic E-state index is 13.1. The first kappa shape index (κ1) is 96.5. The fourth-order valence-corrected chi connectivity index (χ4v) is 13.3. The summed E-state index contributed by atoms with van der Waals surface area (Å²) in [6, 6.07) is 0. The third kappa shape index (κ3) is 71.0. The van der Waals surface area contributed by atoms with E-state index in [-0.39, 0.29) is 25.7 Å². The molecule has 0 radical (unpaired) electrons. The lowest BCUT2D eigenvalue weighted by Gasteiger charge is -2.21. The molecule has 17 nitrogen and oxygen atoms in total. The molecular formula is C80H152O17P2. The highest BCUT2D eigenvalue weighted by Gasteiger charge is 2.30. The number of rotatable bonds is 76. The van der Waals surface area contributed by atoms with E-state index in [9.17, 15) is 43.2 Å². The van der Waals surface area contributed by atoms with Crippen molar-refractivity contribution in [2.75, 3.05) is 39.6 Å². The number of aliphatic hydroxyl groups excluding tert-OH is 1. The molecule has 0 fully saturated rings. The molecule has 0 heterocycles. The van der Waals surface area contributed by atoms with Crippen LogP contribution in [0, 0.1) is 17.8 Å². The molecule has 0 rings (SSSR count). The van der Waals surface area contributed by atoms with Gasteiger partial charge in [-0.05, 0) is 69.1 Å². The largest absolute Gasteiger partial charge is 0.472 e. The molecule has 584 valence electrons. The SMILES string of the molecule is CCCCCC/C=C\C=C/CCCCCCCC(=O)OC[C@H](COP(=O)(O)OC[C@@H](O)COP(=O)(O)OC[C@@H](COC(=O)CCCCCCCCC(C)CC)OC(=O)CCCCCCCCCCCC(C)C)OC(=O)CCCCCCCCCCCCCCCCCCCCC(C)CC. The van der Waals surface area contributed by atoms with E-state index >= 15 is 0 Å². The third-order valence-corrected chi connectivity index (χ3v) is 20.6. The van der Waals surface area contributed by atoms with E-state index in [4.69, 9.17) is 37.0 Å². The van der Waals surface area contributed by atoms with E-state index in [1.807, 2.05) is 0 Å². The lowest BCUT2D eigenvalue weighted by atomic mass is 9.99. The van der Waals surface area contributed by atoms with Crippen LogP contribution < -0.4 is 0 Å². The molecule has 0 aliphatic heterocycles. The standard InChI is InChI=1S/C80H152O17P2/c1-8-11-12-13-14-15-16-17-22-26-29-34-39-47-54-61-77(82)90-67-75(96-79(84)63-56-49-40-35-30-27-24-21-19-18-20-23-25-28-33-38-45-52-59-72(6)9-2)69-94-98(86,87)92-65-74(81)66-93-99(88,89)95-70-76(68-91-78(83)62-55-48-43-42-46-53-60-73(7)10-3)97-80(85)64-57-50-41-36-31-32-37-44-51-58-71(4)5/h15-17,22,71-76,81H,8-14,18-21,23-70H2,1-7H3,(H,86,87)(H,88,89)/b16-15-,22-17-/t72?,73?,74-,75-,76-/m1/s1. The van der Waals surface area contributed by atoms with E-state index < -0.39 is 97.5 Å². The molecule has 0 aliphatic rings. The first-order valence-electron chi connectivity index (χ1n) is 40.7. The second-order valence-electron chi connectivity index (χ2n) is 29.1. The van der Waals surface area contributed by atoms with Crippen molar-refractivity contribution >= 4 is 39.5 Å². The summed E-state index contributed by atoms with van der Waals surface area (Å²) < 4.78 is 68.6. The number of esters is 4. The highest BCUT2D eigenvalue weighted by atomic mass is 31.2. The summed E-state index contributed by atoms with van der Waals surface area (Å²) in [5.74, 6) is 0.187. The van der Waals surface area contributed by atoms with Crippen LogP contribution in [0.25, 0.3) is 0 Å². The maximum Gasteiger partial charge on any atom is 0.472 e. The molecule has 0 aliphatic carbocycles. The highest BCUT2D eigenvalue weighted by molar-refractivity contribution is 7.47. The van der Waals surface area contributed by atoms with Gasteiger partial charge in [0.25, 0.3) is 0 Å². The number of phosphoric acid groups is 2. The summed E-state index contributed by atoms with van der Waals surface area (Å²) in [5, 5.41) is 10.6. The lowest BCUT2D eigenvalue weighted by molar-refractivity contribution is -0.161. The monoisotopic (exact) mass is 1450 g/mol. The average Bonchev–Trinajstić information content (AvgIpc) is 1.08. The Morgan fingerprint density at radius 3 is 0.899 bits per heavy atom. The van der Waals surface area contributed by atoms with Crippen molar-refractivity contribution in [3.8, 4) is 0 Å². The van der Waals surface area contributed by atoms with Gasteiger partial charge >= 0.3 is 39.5 Å². The zero-order valence-electron chi connectivity index (χ0n) is 64.4. The predicted molar refractivity (Wildman–Crippen MR) is 404 cm³/mol. The maximum absolute atomic E-state index is 13.1. The second kappa shape index (κ2) is 69.9. The Morgan fingerprint density at radius 2 is 0.596 bits per heavy atom. The number of phosphoric ester groups is 2. The topological polar surface area (TPSA) is 237 Å². The second-order valence-corrected chi connectivity index (χ2v) is 32.0. The fraction of sp³-hybridized carbons (Fsp3) is 0.900. The summed E-state index contributed by atoms with van der Waals surface area (Å²) >= 11 is 0. The molecule has 0 bridgehead atoms. The van der Waals surface area contributed by atoms with Crippen LogP contribution >= 0.6 is 15.6 Å². The Morgan fingerprint density at radius 1 is 0.333 bits per heavy atom. The van der Waals surface area contributed by atoms with Gasteiger partial charge < -0.3 is 33.8 Å². The molecule has 3 N–H and O–H groups in total. The summed E-state index contributed by atoms with van der Waals surface area (Å²) in [5.41, 5.74) is 0. The van der Waals surface area contributed by atoms with Gasteiger partial charge in [0.05, 0.1) is 26.4 Å². The molecule has 4 unspecified atom stereocenters. The molecule has 7 atom stereocenters. The van der Waals surface area contributed by atoms with Crippen LogP contribution in [-0.2, 0) is 65.4 Å². The fourth-order valence-electron chi connectivity index (χ4n) is 11.7. The van der Waals surface area contributed by atoms with Crippen molar-refractivity contribution in [3.05, 3.63) is 24.3 Å². The highest BCUT2D eigenvalue weighted by Crippen LogP contribution is 2.45. The molecule has 0 amide bonds. The van der Waals surface area contributed by atoms with Crippen LogP contribution in [0.2, 0.25) is 0 Å². The molecule has 99 heavy (non-hydrogen) atoms. The summed E-state index contributed by atoms with van der Waals surface area (Å²) in [6.07, 6.45) is 60.6. The van der Waals surface area contributed by atoms with Crippen LogP contribution in [0.4, 0.5) is 0 Å². The molecule has 0 spiro atoms. The van der Waals surface area contributed by atoms with E-state index in [1.165, 1.54) is 173 Å². The molecule has 0 saturated heterocycles. The normalized spacial score (nSPS) is 14.7. The third-order valence-electron chi connectivity index (χ3n) is 18.7. The number of carbonyl (C=O) groups excluding carboxylic acids is 4. The number of hydrogen-bond acceptors (Lipinski definition) is 15. The minimum absolute atomic E-state index is 0.101. The molecule has 19 heteroatoms. The smallest absolute Gasteiger partial charge is 0.462 e. The van der Waals surface area contributed by atoms with Crippen LogP contribution in [0.1, 0.15) is 389 Å². The Balaban J connectivity index is 5.24. The van der Waals surface area contributed by atoms with Crippen molar-refractivity contribution in [3.63, 3.8) is 0 Å². The molecular weight excluding hydrogens is 1290 g/mol. The first-order valence-corrected chi connectivity index (χ1v) is 43.7. The van der Waals surface area contributed by atoms with Gasteiger partial charge in [-0.15, -0.1) is 0 Å². The van der Waals surface area contributed by atoms with Gasteiger partial charge in [0.15, 0.2) is 12.2 Å². The van der Waals surface area contributed by atoms with Crippen LogP contribution in [0.5, 0.6) is 0 Å². The van der Waals surface area contributed by atoms with E-state index in [0.29, 0.717) is 25.7 Å². The van der Waals surface area contributed by atoms with E-state index in [1.54, 1.807) is 0 Å². The van der Waals surface area contributed by atoms with Gasteiger partial charge in [-0.2, -0.15) is 0 Å². The summed E-state index contributed by atoms with van der Waals surface area (Å²) in [6.45, 7) is 11.9. The van der Waals surface area contributed by atoms with Gasteiger partial charge in [0, 0.05) is 25.7 Å². The van der Waals surface area contributed by atoms with Crippen LogP contribution in [0.15, 0.2) is 24.3 Å². The van der Waals surface area contributed by atoms with Crippen LogP contribution in [0.3, 0.4) is 0 Å². The van der Waals surface area contributed by atoms with Gasteiger partial charge in [0.2, 0.25) is 0 Å². The first-order chi connectivity index (χ1) is 47.8. The Hall–Kier alpha value is -2.46.